The van der Waals surface area contributed by atoms with Gasteiger partial charge < -0.3 is 5.11 Å². The highest BCUT2D eigenvalue weighted by Gasteiger charge is 2.23. The van der Waals surface area contributed by atoms with Crippen LogP contribution in [0.4, 0.5) is 0 Å². The van der Waals surface area contributed by atoms with Gasteiger partial charge in [-0.05, 0) is 91.8 Å². The van der Waals surface area contributed by atoms with Crippen molar-refractivity contribution in [1.82, 2.24) is 8.96 Å². The molecule has 2 aromatic heterocycles. The summed E-state index contributed by atoms with van der Waals surface area (Å²) in [4.78, 5) is 5.18. The van der Waals surface area contributed by atoms with E-state index in [-0.39, 0.29) is 10.8 Å². The normalized spacial score (nSPS) is 12.1. The van der Waals surface area contributed by atoms with Gasteiger partial charge in [0.2, 0.25) is 0 Å². The first kappa shape index (κ1) is 23.1. The van der Waals surface area contributed by atoms with Crippen molar-refractivity contribution >= 4 is 21.1 Å². The van der Waals surface area contributed by atoms with E-state index in [9.17, 15) is 13.5 Å². The van der Waals surface area contributed by atoms with Gasteiger partial charge in [0, 0.05) is 18.3 Å². The summed E-state index contributed by atoms with van der Waals surface area (Å²) in [6.07, 6.45) is 2.32. The molecule has 0 radical (unpaired) electrons. The molecular formula is C27H30N2O3S. The topological polar surface area (TPSA) is 72.2 Å². The molecule has 0 atom stereocenters. The minimum atomic E-state index is -3.74. The number of hydrogen-bond acceptors (Lipinski definition) is 4. The first-order valence-corrected chi connectivity index (χ1v) is 12.6. The van der Waals surface area contributed by atoms with Crippen molar-refractivity contribution in [2.75, 3.05) is 0 Å². The number of benzene rings is 2. The van der Waals surface area contributed by atoms with Crippen LogP contribution in [-0.4, -0.2) is 22.5 Å². The van der Waals surface area contributed by atoms with Crippen molar-refractivity contribution in [2.45, 2.75) is 58.8 Å². The van der Waals surface area contributed by atoms with E-state index in [0.717, 1.165) is 39.1 Å². The first-order chi connectivity index (χ1) is 15.5. The third-order valence-corrected chi connectivity index (χ3v) is 8.17. The number of fused-ring (bicyclic) bond motifs is 1. The van der Waals surface area contributed by atoms with E-state index < -0.39 is 10.0 Å². The van der Waals surface area contributed by atoms with E-state index in [4.69, 9.17) is 4.98 Å². The minimum Gasteiger partial charge on any atom is -0.508 e. The quantitative estimate of drug-likeness (QED) is 0.399. The Morgan fingerprint density at radius 2 is 1.64 bits per heavy atom. The summed E-state index contributed by atoms with van der Waals surface area (Å²) in [6, 6.07) is 12.4. The molecule has 4 aromatic rings. The van der Waals surface area contributed by atoms with Gasteiger partial charge >= 0.3 is 0 Å². The number of phenolic OH excluding ortho intramolecular Hbond substituents is 1. The van der Waals surface area contributed by atoms with Crippen LogP contribution in [0.5, 0.6) is 5.75 Å². The zero-order valence-electron chi connectivity index (χ0n) is 20.0. The van der Waals surface area contributed by atoms with Crippen LogP contribution in [0.2, 0.25) is 0 Å². The maximum Gasteiger partial charge on any atom is 0.268 e. The number of nitrogens with zero attached hydrogens (tertiary/aromatic N) is 2. The lowest BCUT2D eigenvalue weighted by atomic mass is 9.94. The molecule has 0 aliphatic carbocycles. The van der Waals surface area contributed by atoms with Gasteiger partial charge in [-0.25, -0.2) is 12.4 Å². The monoisotopic (exact) mass is 462 g/mol. The Labute approximate surface area is 195 Å². The molecule has 6 heteroatoms. The number of pyridine rings is 1. The Kier molecular flexibility index (Phi) is 5.83. The van der Waals surface area contributed by atoms with Gasteiger partial charge in [0.15, 0.2) is 0 Å². The predicted octanol–water partition coefficient (Wildman–Crippen LogP) is 5.93. The van der Waals surface area contributed by atoms with Crippen LogP contribution in [0, 0.1) is 27.7 Å². The molecule has 33 heavy (non-hydrogen) atoms. The molecule has 2 aromatic carbocycles. The molecular weight excluding hydrogens is 432 g/mol. The molecule has 0 saturated heterocycles. The van der Waals surface area contributed by atoms with Crippen LogP contribution in [-0.2, 0) is 16.4 Å². The fourth-order valence-corrected chi connectivity index (χ4v) is 5.62. The molecule has 5 nitrogen and oxygen atoms in total. The molecule has 172 valence electrons. The van der Waals surface area contributed by atoms with Gasteiger partial charge in [-0.1, -0.05) is 31.5 Å². The van der Waals surface area contributed by atoms with Gasteiger partial charge in [0.05, 0.1) is 15.9 Å². The average Bonchev–Trinajstić information content (AvgIpc) is 3.15. The highest BCUT2D eigenvalue weighted by Crippen LogP contribution is 2.32. The van der Waals surface area contributed by atoms with Crippen molar-refractivity contribution < 1.29 is 13.5 Å². The number of aromatic hydroxyl groups is 1. The van der Waals surface area contributed by atoms with Crippen LogP contribution in [0.15, 0.2) is 53.6 Å². The zero-order chi connectivity index (χ0) is 24.1. The molecule has 0 aliphatic heterocycles. The maximum absolute atomic E-state index is 13.4. The summed E-state index contributed by atoms with van der Waals surface area (Å²) >= 11 is 0. The van der Waals surface area contributed by atoms with Gasteiger partial charge in [-0.3, -0.25) is 4.98 Å². The zero-order valence-corrected chi connectivity index (χ0v) is 20.8. The van der Waals surface area contributed by atoms with Crippen molar-refractivity contribution in [2.24, 2.45) is 0 Å². The summed E-state index contributed by atoms with van der Waals surface area (Å²) in [5.74, 6) is 0.418. The highest BCUT2D eigenvalue weighted by molar-refractivity contribution is 7.90. The molecule has 0 unspecified atom stereocenters. The highest BCUT2D eigenvalue weighted by atomic mass is 32.2. The first-order valence-electron chi connectivity index (χ1n) is 11.1. The SMILES string of the molecule is Cc1ccc(S(=O)(=O)n2cc(C(C)C)c3nc(Cc4c(C)cc(O)c(C)c4C)ccc32)cc1. The van der Waals surface area contributed by atoms with E-state index in [1.807, 2.05) is 65.8 Å². The van der Waals surface area contributed by atoms with Crippen LogP contribution in [0.3, 0.4) is 0 Å². The fraction of sp³-hybridized carbons (Fsp3) is 0.296. The van der Waals surface area contributed by atoms with E-state index in [1.54, 1.807) is 24.4 Å². The molecule has 0 spiro atoms. The Morgan fingerprint density at radius 3 is 2.27 bits per heavy atom. The third kappa shape index (κ3) is 4.04. The number of phenols is 1. The summed E-state index contributed by atoms with van der Waals surface area (Å²) in [5.41, 5.74) is 8.14. The molecule has 4 rings (SSSR count). The number of aryl methyl sites for hydroxylation is 2. The maximum atomic E-state index is 13.4. The van der Waals surface area contributed by atoms with Crippen LogP contribution in [0.25, 0.3) is 11.0 Å². The molecule has 0 saturated carbocycles. The van der Waals surface area contributed by atoms with Crippen LogP contribution < -0.4 is 0 Å². The number of rotatable bonds is 5. The predicted molar refractivity (Wildman–Crippen MR) is 133 cm³/mol. The Bertz CT molecular complexity index is 1460. The fourth-order valence-electron chi connectivity index (χ4n) is 4.25. The van der Waals surface area contributed by atoms with E-state index >= 15 is 0 Å². The molecule has 0 aliphatic rings. The third-order valence-electron chi connectivity index (χ3n) is 6.49. The lowest BCUT2D eigenvalue weighted by Crippen LogP contribution is -2.12. The van der Waals surface area contributed by atoms with Gasteiger partial charge in [0.25, 0.3) is 10.0 Å². The van der Waals surface area contributed by atoms with Crippen LogP contribution >= 0.6 is 0 Å². The molecule has 1 N–H and O–H groups in total. The second-order valence-corrected chi connectivity index (χ2v) is 11.0. The molecule has 0 fully saturated rings. The van der Waals surface area contributed by atoms with E-state index in [2.05, 4.69) is 0 Å². The van der Waals surface area contributed by atoms with Gasteiger partial charge in [0.1, 0.15) is 5.75 Å². The lowest BCUT2D eigenvalue weighted by molar-refractivity contribution is 0.469. The Hall–Kier alpha value is -3.12. The van der Waals surface area contributed by atoms with Crippen molar-refractivity contribution in [3.8, 4) is 5.75 Å². The Balaban J connectivity index is 1.85. The van der Waals surface area contributed by atoms with E-state index in [1.165, 1.54) is 3.97 Å². The number of hydrogen-bond donors (Lipinski definition) is 1. The summed E-state index contributed by atoms with van der Waals surface area (Å²) in [6.45, 7) is 11.9. The smallest absolute Gasteiger partial charge is 0.268 e. The van der Waals surface area contributed by atoms with Gasteiger partial charge in [-0.2, -0.15) is 0 Å². The summed E-state index contributed by atoms with van der Waals surface area (Å²) in [7, 11) is -3.74. The lowest BCUT2D eigenvalue weighted by Gasteiger charge is -2.14. The second kappa shape index (κ2) is 8.34. The summed E-state index contributed by atoms with van der Waals surface area (Å²) in [5, 5.41) is 10.1. The average molecular weight is 463 g/mol. The van der Waals surface area contributed by atoms with Crippen molar-refractivity contribution in [1.29, 1.82) is 0 Å². The molecule has 0 amide bonds. The molecule has 0 bridgehead atoms. The van der Waals surface area contributed by atoms with Gasteiger partial charge in [-0.15, -0.1) is 0 Å². The van der Waals surface area contributed by atoms with Crippen molar-refractivity contribution in [3.05, 3.63) is 87.7 Å². The Morgan fingerprint density at radius 1 is 0.970 bits per heavy atom. The second-order valence-electron chi connectivity index (χ2n) is 9.14. The van der Waals surface area contributed by atoms with E-state index in [0.29, 0.717) is 23.2 Å². The largest absolute Gasteiger partial charge is 0.508 e. The van der Waals surface area contributed by atoms with Crippen LogP contribution in [0.1, 0.15) is 58.8 Å². The standard InChI is InChI=1S/C27H30N2O3S/c1-16(2)24-15-29(33(31,32)22-10-7-17(3)8-11-22)25-12-9-21(28-27(24)25)14-23-18(4)13-26(30)20(6)19(23)5/h7-13,15-16,30H,14H2,1-6H3. The van der Waals surface area contributed by atoms with Crippen molar-refractivity contribution in [3.63, 3.8) is 0 Å². The molecule has 2 heterocycles. The number of aromatic nitrogens is 2. The minimum absolute atomic E-state index is 0.115. The summed E-state index contributed by atoms with van der Waals surface area (Å²) < 4.78 is 28.2.